The predicted octanol–water partition coefficient (Wildman–Crippen LogP) is 2.96. The molecule has 1 aliphatic heterocycles. The Morgan fingerprint density at radius 1 is 1.44 bits per heavy atom. The minimum absolute atomic E-state index is 0.635. The second kappa shape index (κ2) is 4.74. The fourth-order valence-electron chi connectivity index (χ4n) is 2.64. The van der Waals surface area contributed by atoms with Gasteiger partial charge in [-0.2, -0.15) is 0 Å². The average Bonchev–Trinajstić information content (AvgIpc) is 2.81. The third-order valence-electron chi connectivity index (χ3n) is 3.63. The maximum Gasteiger partial charge on any atom is 0.198 e. The first-order chi connectivity index (χ1) is 8.78. The second-order valence-electron chi connectivity index (χ2n) is 4.85. The zero-order chi connectivity index (χ0) is 12.5. The summed E-state index contributed by atoms with van der Waals surface area (Å²) in [6.45, 7) is 3.47. The number of nitrogens with two attached hydrogens (primary N) is 1. The first-order valence-electron chi connectivity index (χ1n) is 6.42. The summed E-state index contributed by atoms with van der Waals surface area (Å²) in [5.41, 5.74) is 4.94. The molecule has 1 atom stereocenters. The van der Waals surface area contributed by atoms with Crippen molar-refractivity contribution in [2.24, 2.45) is 5.84 Å². The van der Waals surface area contributed by atoms with Crippen molar-refractivity contribution in [2.75, 3.05) is 16.9 Å². The van der Waals surface area contributed by atoms with Gasteiger partial charge in [0.15, 0.2) is 5.13 Å². The number of nitrogen functional groups attached to an aromatic ring is 1. The standard InChI is InChI=1S/C13H18N4S/c1-9-4-2-3-7-17(9)10-5-6-11-12(8-10)18-13(15-11)16-14/h5-6,8-9H,2-4,7,14H2,1H3,(H,15,16). The van der Waals surface area contributed by atoms with Crippen LogP contribution in [0.5, 0.6) is 0 Å². The molecular formula is C13H18N4S. The summed E-state index contributed by atoms with van der Waals surface area (Å²) in [6, 6.07) is 7.12. The highest BCUT2D eigenvalue weighted by atomic mass is 32.1. The minimum Gasteiger partial charge on any atom is -0.369 e. The Morgan fingerprint density at radius 2 is 2.33 bits per heavy atom. The number of benzene rings is 1. The van der Waals surface area contributed by atoms with Crippen molar-refractivity contribution < 1.29 is 0 Å². The van der Waals surface area contributed by atoms with Gasteiger partial charge < -0.3 is 4.90 Å². The fraction of sp³-hybridized carbons (Fsp3) is 0.462. The molecule has 1 aromatic carbocycles. The van der Waals surface area contributed by atoms with Crippen molar-refractivity contribution >= 4 is 32.4 Å². The van der Waals surface area contributed by atoms with Crippen LogP contribution in [-0.4, -0.2) is 17.6 Å². The number of fused-ring (bicyclic) bond motifs is 1. The number of hydrogen-bond acceptors (Lipinski definition) is 5. The third-order valence-corrected chi connectivity index (χ3v) is 4.58. The van der Waals surface area contributed by atoms with Crippen LogP contribution in [0.2, 0.25) is 0 Å². The van der Waals surface area contributed by atoms with Gasteiger partial charge >= 0.3 is 0 Å². The molecule has 1 saturated heterocycles. The summed E-state index contributed by atoms with van der Waals surface area (Å²) in [7, 11) is 0. The molecule has 0 spiro atoms. The predicted molar refractivity (Wildman–Crippen MR) is 78.1 cm³/mol. The molecule has 1 unspecified atom stereocenters. The van der Waals surface area contributed by atoms with Gasteiger partial charge in [-0.05, 0) is 44.4 Å². The summed E-state index contributed by atoms with van der Waals surface area (Å²) >= 11 is 1.60. The molecule has 0 aliphatic carbocycles. The number of nitrogens with one attached hydrogen (secondary N) is 1. The Hall–Kier alpha value is -1.33. The first-order valence-corrected chi connectivity index (χ1v) is 7.23. The first kappa shape index (κ1) is 11.7. The molecule has 3 N–H and O–H groups in total. The molecular weight excluding hydrogens is 244 g/mol. The Balaban J connectivity index is 1.96. The molecule has 18 heavy (non-hydrogen) atoms. The van der Waals surface area contributed by atoms with Crippen LogP contribution in [0.15, 0.2) is 18.2 Å². The summed E-state index contributed by atoms with van der Waals surface area (Å²) in [6.07, 6.45) is 3.93. The van der Waals surface area contributed by atoms with Crippen molar-refractivity contribution in [1.82, 2.24) is 4.98 Å². The molecule has 0 saturated carbocycles. The number of aromatic nitrogens is 1. The molecule has 96 valence electrons. The SMILES string of the molecule is CC1CCCCN1c1ccc2nc(NN)sc2c1. The van der Waals surface area contributed by atoms with Gasteiger partial charge in [0, 0.05) is 18.3 Å². The lowest BCUT2D eigenvalue weighted by molar-refractivity contribution is 0.485. The van der Waals surface area contributed by atoms with Gasteiger partial charge in [-0.25, -0.2) is 10.8 Å². The Morgan fingerprint density at radius 3 is 3.11 bits per heavy atom. The van der Waals surface area contributed by atoms with Crippen molar-refractivity contribution in [3.63, 3.8) is 0 Å². The number of hydrazine groups is 1. The second-order valence-corrected chi connectivity index (χ2v) is 5.88. The lowest BCUT2D eigenvalue weighted by Crippen LogP contribution is -2.37. The monoisotopic (exact) mass is 262 g/mol. The van der Waals surface area contributed by atoms with Crippen molar-refractivity contribution in [3.05, 3.63) is 18.2 Å². The van der Waals surface area contributed by atoms with E-state index in [1.165, 1.54) is 29.6 Å². The van der Waals surface area contributed by atoms with Gasteiger partial charge in [0.25, 0.3) is 0 Å². The maximum absolute atomic E-state index is 5.40. The summed E-state index contributed by atoms with van der Waals surface area (Å²) in [5, 5.41) is 0.772. The van der Waals surface area contributed by atoms with Crippen LogP contribution < -0.4 is 16.2 Å². The summed E-state index contributed by atoms with van der Waals surface area (Å²) in [4.78, 5) is 6.90. The number of thiazole rings is 1. The van der Waals surface area contributed by atoms with Crippen LogP contribution in [-0.2, 0) is 0 Å². The Bertz CT molecular complexity index is 551. The normalized spacial score (nSPS) is 20.3. The molecule has 5 heteroatoms. The molecule has 4 nitrogen and oxygen atoms in total. The topological polar surface area (TPSA) is 54.2 Å². The summed E-state index contributed by atoms with van der Waals surface area (Å²) < 4.78 is 1.19. The molecule has 2 heterocycles. The Kier molecular flexibility index (Phi) is 3.09. The van der Waals surface area contributed by atoms with E-state index in [0.29, 0.717) is 6.04 Å². The number of rotatable bonds is 2. The van der Waals surface area contributed by atoms with Crippen LogP contribution in [0.4, 0.5) is 10.8 Å². The van der Waals surface area contributed by atoms with Crippen molar-refractivity contribution in [2.45, 2.75) is 32.2 Å². The van der Waals surface area contributed by atoms with Gasteiger partial charge in [-0.3, -0.25) is 5.43 Å². The van der Waals surface area contributed by atoms with Gasteiger partial charge in [-0.1, -0.05) is 11.3 Å². The third kappa shape index (κ3) is 2.04. The molecule has 3 rings (SSSR count). The average molecular weight is 262 g/mol. The van der Waals surface area contributed by atoms with Crippen molar-refractivity contribution in [1.29, 1.82) is 0 Å². The maximum atomic E-state index is 5.40. The molecule has 0 bridgehead atoms. The van der Waals surface area contributed by atoms with E-state index in [1.807, 2.05) is 0 Å². The van der Waals surface area contributed by atoms with E-state index < -0.39 is 0 Å². The van der Waals surface area contributed by atoms with Gasteiger partial charge in [0.1, 0.15) is 0 Å². The van der Waals surface area contributed by atoms with E-state index in [2.05, 4.69) is 40.4 Å². The lowest BCUT2D eigenvalue weighted by atomic mass is 10.0. The lowest BCUT2D eigenvalue weighted by Gasteiger charge is -2.35. The highest BCUT2D eigenvalue weighted by molar-refractivity contribution is 7.22. The van der Waals surface area contributed by atoms with E-state index in [1.54, 1.807) is 11.3 Å². The largest absolute Gasteiger partial charge is 0.369 e. The van der Waals surface area contributed by atoms with Crippen LogP contribution in [0.1, 0.15) is 26.2 Å². The molecule has 1 aromatic heterocycles. The Labute approximate surface area is 111 Å². The molecule has 0 radical (unpaired) electrons. The smallest absolute Gasteiger partial charge is 0.198 e. The molecule has 2 aromatic rings. The fourth-order valence-corrected chi connectivity index (χ4v) is 3.44. The van der Waals surface area contributed by atoms with E-state index >= 15 is 0 Å². The number of nitrogens with zero attached hydrogens (tertiary/aromatic N) is 2. The van der Waals surface area contributed by atoms with Crippen LogP contribution >= 0.6 is 11.3 Å². The quantitative estimate of drug-likeness (QED) is 0.645. The molecule has 1 aliphatic rings. The zero-order valence-corrected chi connectivity index (χ0v) is 11.3. The van der Waals surface area contributed by atoms with Crippen LogP contribution in [0.3, 0.4) is 0 Å². The van der Waals surface area contributed by atoms with Crippen LogP contribution in [0.25, 0.3) is 10.2 Å². The van der Waals surface area contributed by atoms with Gasteiger partial charge in [0.05, 0.1) is 10.2 Å². The number of anilines is 2. The van der Waals surface area contributed by atoms with Gasteiger partial charge in [0.2, 0.25) is 0 Å². The zero-order valence-electron chi connectivity index (χ0n) is 10.5. The van der Waals surface area contributed by atoms with E-state index in [4.69, 9.17) is 5.84 Å². The highest BCUT2D eigenvalue weighted by Gasteiger charge is 2.19. The number of hydrogen-bond donors (Lipinski definition) is 2. The van der Waals surface area contributed by atoms with Gasteiger partial charge in [-0.15, -0.1) is 0 Å². The minimum atomic E-state index is 0.635. The molecule has 0 amide bonds. The van der Waals surface area contributed by atoms with Crippen molar-refractivity contribution in [3.8, 4) is 0 Å². The van der Waals surface area contributed by atoms with E-state index in [0.717, 1.165) is 17.2 Å². The summed E-state index contributed by atoms with van der Waals surface area (Å²) in [5.74, 6) is 5.40. The van der Waals surface area contributed by atoms with E-state index in [9.17, 15) is 0 Å². The molecule has 1 fully saturated rings. The van der Waals surface area contributed by atoms with Crippen LogP contribution in [0, 0.1) is 0 Å². The highest BCUT2D eigenvalue weighted by Crippen LogP contribution is 2.31. The number of piperidine rings is 1. The van der Waals surface area contributed by atoms with E-state index in [-0.39, 0.29) is 0 Å².